The average molecular weight is 293 g/mol. The third kappa shape index (κ3) is 3.86. The average Bonchev–Trinajstić information content (AvgIpc) is 3.14. The fourth-order valence-electron chi connectivity index (χ4n) is 2.43. The Labute approximate surface area is 124 Å². The Bertz CT molecular complexity index is 528. The van der Waals surface area contributed by atoms with E-state index in [1.807, 2.05) is 4.90 Å². The van der Waals surface area contributed by atoms with Crippen molar-refractivity contribution in [1.29, 1.82) is 0 Å². The molecule has 1 aliphatic carbocycles. The molecule has 1 amide bonds. The monoisotopic (exact) mass is 293 g/mol. The molecule has 5 heteroatoms. The van der Waals surface area contributed by atoms with Crippen molar-refractivity contribution < 1.29 is 19.1 Å². The van der Waals surface area contributed by atoms with Gasteiger partial charge in [0.15, 0.2) is 0 Å². The van der Waals surface area contributed by atoms with Crippen LogP contribution in [-0.2, 0) is 11.2 Å². The van der Waals surface area contributed by atoms with Crippen molar-refractivity contribution in [3.05, 3.63) is 23.2 Å². The molecule has 0 atom stereocenters. The molecule has 116 valence electrons. The lowest BCUT2D eigenvalue weighted by atomic mass is 10.1. The summed E-state index contributed by atoms with van der Waals surface area (Å²) in [5.74, 6) is -0.276. The number of furan rings is 1. The van der Waals surface area contributed by atoms with Gasteiger partial charge in [-0.25, -0.2) is 0 Å². The van der Waals surface area contributed by atoms with Gasteiger partial charge in [-0.3, -0.25) is 9.59 Å². The first-order valence-electron chi connectivity index (χ1n) is 7.49. The number of rotatable bonds is 7. The van der Waals surface area contributed by atoms with Crippen LogP contribution in [0.25, 0.3) is 0 Å². The number of nitrogens with zero attached hydrogens (tertiary/aromatic N) is 1. The number of hydrogen-bond donors (Lipinski definition) is 1. The molecule has 0 bridgehead atoms. The second-order valence-corrected chi connectivity index (χ2v) is 6.20. The molecule has 0 radical (unpaired) electrons. The fourth-order valence-corrected chi connectivity index (χ4v) is 2.43. The molecule has 1 fully saturated rings. The Morgan fingerprint density at radius 2 is 2.10 bits per heavy atom. The highest BCUT2D eigenvalue weighted by Gasteiger charge is 2.35. The van der Waals surface area contributed by atoms with Crippen LogP contribution in [0.1, 0.15) is 54.8 Å². The predicted molar refractivity (Wildman–Crippen MR) is 78.3 cm³/mol. The van der Waals surface area contributed by atoms with Gasteiger partial charge in [-0.15, -0.1) is 0 Å². The van der Waals surface area contributed by atoms with E-state index in [1.165, 1.54) is 6.26 Å². The molecule has 0 aromatic carbocycles. The van der Waals surface area contributed by atoms with E-state index in [1.54, 1.807) is 6.92 Å². The van der Waals surface area contributed by atoms with Gasteiger partial charge >= 0.3 is 5.97 Å². The summed E-state index contributed by atoms with van der Waals surface area (Å²) < 4.78 is 5.27. The molecule has 0 saturated heterocycles. The number of carboxylic acids is 1. The van der Waals surface area contributed by atoms with Gasteiger partial charge in [0.1, 0.15) is 12.2 Å². The summed E-state index contributed by atoms with van der Waals surface area (Å²) in [6, 6.07) is 0.309. The molecular weight excluding hydrogens is 270 g/mol. The predicted octanol–water partition coefficient (Wildman–Crippen LogP) is 2.87. The maximum absolute atomic E-state index is 12.8. The minimum absolute atomic E-state index is 0.0827. The first-order valence-corrected chi connectivity index (χ1v) is 7.49. The Morgan fingerprint density at radius 1 is 1.43 bits per heavy atom. The first kappa shape index (κ1) is 15.6. The van der Waals surface area contributed by atoms with E-state index >= 15 is 0 Å². The Balaban J connectivity index is 2.20. The van der Waals surface area contributed by atoms with Crippen LogP contribution < -0.4 is 0 Å². The van der Waals surface area contributed by atoms with E-state index < -0.39 is 5.97 Å². The van der Waals surface area contributed by atoms with Crippen molar-refractivity contribution >= 4 is 11.9 Å². The van der Waals surface area contributed by atoms with Crippen molar-refractivity contribution in [2.75, 3.05) is 6.54 Å². The molecule has 2 rings (SSSR count). The van der Waals surface area contributed by atoms with E-state index in [0.717, 1.165) is 25.8 Å². The second-order valence-electron chi connectivity index (χ2n) is 6.20. The van der Waals surface area contributed by atoms with Crippen LogP contribution in [0.15, 0.2) is 10.7 Å². The lowest BCUT2D eigenvalue weighted by molar-refractivity contribution is -0.136. The van der Waals surface area contributed by atoms with Crippen LogP contribution in [0.3, 0.4) is 0 Å². The summed E-state index contributed by atoms with van der Waals surface area (Å²) in [4.78, 5) is 25.6. The summed E-state index contributed by atoms with van der Waals surface area (Å²) in [6.07, 6.45) is 4.24. The summed E-state index contributed by atoms with van der Waals surface area (Å²) in [5, 5.41) is 8.93. The van der Waals surface area contributed by atoms with Gasteiger partial charge in [-0.2, -0.15) is 0 Å². The molecule has 0 unspecified atom stereocenters. The van der Waals surface area contributed by atoms with Gasteiger partial charge in [0.2, 0.25) is 0 Å². The third-order valence-electron chi connectivity index (χ3n) is 3.77. The zero-order valence-corrected chi connectivity index (χ0v) is 12.9. The van der Waals surface area contributed by atoms with Crippen LogP contribution in [0.2, 0.25) is 0 Å². The Kier molecular flexibility index (Phi) is 4.70. The quantitative estimate of drug-likeness (QED) is 0.839. The van der Waals surface area contributed by atoms with Crippen molar-refractivity contribution in [3.63, 3.8) is 0 Å². The maximum atomic E-state index is 12.8. The summed E-state index contributed by atoms with van der Waals surface area (Å²) in [6.45, 7) is 6.77. The molecular formula is C16H23NO4. The van der Waals surface area contributed by atoms with Crippen LogP contribution in [0, 0.1) is 12.8 Å². The molecule has 1 saturated carbocycles. The smallest absolute Gasteiger partial charge is 0.311 e. The highest BCUT2D eigenvalue weighted by molar-refractivity contribution is 5.97. The molecule has 1 aromatic heterocycles. The number of carbonyl (C=O) groups excluding carboxylic acids is 1. The van der Waals surface area contributed by atoms with E-state index in [2.05, 4.69) is 13.8 Å². The van der Waals surface area contributed by atoms with Crippen molar-refractivity contribution in [3.8, 4) is 0 Å². The van der Waals surface area contributed by atoms with Gasteiger partial charge in [0, 0.05) is 18.2 Å². The molecule has 1 heterocycles. The van der Waals surface area contributed by atoms with E-state index in [9.17, 15) is 9.59 Å². The summed E-state index contributed by atoms with van der Waals surface area (Å²) in [5.41, 5.74) is 1.15. The number of hydrogen-bond acceptors (Lipinski definition) is 3. The summed E-state index contributed by atoms with van der Waals surface area (Å²) in [7, 11) is 0. The lowest BCUT2D eigenvalue weighted by Crippen LogP contribution is -2.35. The van der Waals surface area contributed by atoms with Crippen molar-refractivity contribution in [2.45, 2.75) is 52.5 Å². The molecule has 1 N–H and O–H groups in total. The fraction of sp³-hybridized carbons (Fsp3) is 0.625. The van der Waals surface area contributed by atoms with Gasteiger partial charge in [0.25, 0.3) is 5.91 Å². The van der Waals surface area contributed by atoms with Gasteiger partial charge in [-0.05, 0) is 32.1 Å². The molecule has 21 heavy (non-hydrogen) atoms. The van der Waals surface area contributed by atoms with Crippen molar-refractivity contribution in [2.24, 2.45) is 5.92 Å². The van der Waals surface area contributed by atoms with Crippen LogP contribution in [-0.4, -0.2) is 34.5 Å². The van der Waals surface area contributed by atoms with Crippen LogP contribution in [0.5, 0.6) is 0 Å². The Hall–Kier alpha value is -1.78. The van der Waals surface area contributed by atoms with E-state index in [4.69, 9.17) is 9.52 Å². The number of aliphatic carboxylic acids is 1. The topological polar surface area (TPSA) is 70.7 Å². The largest absolute Gasteiger partial charge is 0.481 e. The minimum Gasteiger partial charge on any atom is -0.481 e. The number of amides is 1. The lowest BCUT2D eigenvalue weighted by Gasteiger charge is -2.23. The van der Waals surface area contributed by atoms with Crippen LogP contribution >= 0.6 is 0 Å². The van der Waals surface area contributed by atoms with Crippen molar-refractivity contribution in [1.82, 2.24) is 4.90 Å². The summed E-state index contributed by atoms with van der Waals surface area (Å²) >= 11 is 0. The normalized spacial score (nSPS) is 14.5. The number of aryl methyl sites for hydroxylation is 1. The van der Waals surface area contributed by atoms with Gasteiger partial charge in [-0.1, -0.05) is 13.8 Å². The molecule has 0 spiro atoms. The zero-order valence-electron chi connectivity index (χ0n) is 12.9. The standard InChI is InChI=1S/C16H23NO4/c1-10(2)6-7-17(12-4-5-12)16(20)15-11(3)9-21-13(15)8-14(18)19/h9-10,12H,4-8H2,1-3H3,(H,18,19). The van der Waals surface area contributed by atoms with E-state index in [-0.39, 0.29) is 18.1 Å². The third-order valence-corrected chi connectivity index (χ3v) is 3.77. The zero-order chi connectivity index (χ0) is 15.6. The highest BCUT2D eigenvalue weighted by Crippen LogP contribution is 2.30. The van der Waals surface area contributed by atoms with Gasteiger partial charge in [0.05, 0.1) is 11.8 Å². The Morgan fingerprint density at radius 3 is 2.62 bits per heavy atom. The molecule has 0 aliphatic heterocycles. The van der Waals surface area contributed by atoms with Crippen LogP contribution in [0.4, 0.5) is 0 Å². The number of carbonyl (C=O) groups is 2. The van der Waals surface area contributed by atoms with Gasteiger partial charge < -0.3 is 14.4 Å². The molecule has 5 nitrogen and oxygen atoms in total. The minimum atomic E-state index is -0.987. The second kappa shape index (κ2) is 6.33. The maximum Gasteiger partial charge on any atom is 0.311 e. The number of carboxylic acid groups (broad SMARTS) is 1. The SMILES string of the molecule is Cc1coc(CC(=O)O)c1C(=O)N(CCC(C)C)C1CC1. The van der Waals surface area contributed by atoms with E-state index in [0.29, 0.717) is 23.1 Å². The first-order chi connectivity index (χ1) is 9.90. The molecule has 1 aliphatic rings. The highest BCUT2D eigenvalue weighted by atomic mass is 16.4. The molecule has 1 aromatic rings.